The van der Waals surface area contributed by atoms with Gasteiger partial charge < -0.3 is 19.8 Å². The number of likely N-dealkylation sites (tertiary alicyclic amines) is 1. The van der Waals surface area contributed by atoms with E-state index in [-0.39, 0.29) is 29.9 Å². The van der Waals surface area contributed by atoms with Crippen molar-refractivity contribution in [2.24, 2.45) is 0 Å². The summed E-state index contributed by atoms with van der Waals surface area (Å²) in [7, 11) is 3.74. The Bertz CT molecular complexity index is 899. The van der Waals surface area contributed by atoms with Crippen molar-refractivity contribution in [3.8, 4) is 5.75 Å². The van der Waals surface area contributed by atoms with E-state index in [9.17, 15) is 9.59 Å². The summed E-state index contributed by atoms with van der Waals surface area (Å²) in [5.41, 5.74) is 1.16. The van der Waals surface area contributed by atoms with Gasteiger partial charge >= 0.3 is 0 Å². The van der Waals surface area contributed by atoms with E-state index in [0.29, 0.717) is 25.9 Å². The number of hydrogen-bond donors (Lipinski definition) is 2. The van der Waals surface area contributed by atoms with E-state index < -0.39 is 0 Å². The fourth-order valence-corrected chi connectivity index (χ4v) is 4.78. The van der Waals surface area contributed by atoms with E-state index in [1.54, 1.807) is 19.4 Å². The number of amides is 2. The molecule has 2 fully saturated rings. The van der Waals surface area contributed by atoms with Gasteiger partial charge in [0.2, 0.25) is 11.8 Å². The second-order valence-electron chi connectivity index (χ2n) is 8.58. The Morgan fingerprint density at radius 2 is 2.09 bits per heavy atom. The number of ether oxygens (including phenoxy) is 1. The molecular formula is C24H32N4O4. The molecular weight excluding hydrogens is 408 g/mol. The summed E-state index contributed by atoms with van der Waals surface area (Å²) in [6.45, 7) is 2.56. The van der Waals surface area contributed by atoms with Crippen molar-refractivity contribution in [3.63, 3.8) is 0 Å². The predicted octanol–water partition coefficient (Wildman–Crippen LogP) is 1.76. The van der Waals surface area contributed by atoms with Gasteiger partial charge in [0.05, 0.1) is 19.9 Å². The molecule has 2 aliphatic heterocycles. The van der Waals surface area contributed by atoms with Crippen LogP contribution in [-0.4, -0.2) is 67.0 Å². The third-order valence-corrected chi connectivity index (χ3v) is 6.64. The first-order valence-electron chi connectivity index (χ1n) is 11.2. The molecule has 172 valence electrons. The summed E-state index contributed by atoms with van der Waals surface area (Å²) in [4.78, 5) is 29.8. The number of rotatable bonds is 8. The molecule has 8 nitrogen and oxygen atoms in total. The molecule has 3 heterocycles. The van der Waals surface area contributed by atoms with E-state index in [1.165, 1.54) is 0 Å². The van der Waals surface area contributed by atoms with Crippen LogP contribution in [0.3, 0.4) is 0 Å². The minimum Gasteiger partial charge on any atom is -0.497 e. The van der Waals surface area contributed by atoms with Crippen LogP contribution in [0.1, 0.15) is 30.6 Å². The van der Waals surface area contributed by atoms with Crippen molar-refractivity contribution in [1.82, 2.24) is 20.4 Å². The maximum Gasteiger partial charge on any atom is 0.239 e. The number of hydrogen-bond acceptors (Lipinski definition) is 6. The molecule has 1 aromatic carbocycles. The smallest absolute Gasteiger partial charge is 0.239 e. The topological polar surface area (TPSA) is 87.0 Å². The maximum atomic E-state index is 13.0. The highest BCUT2D eigenvalue weighted by Crippen LogP contribution is 2.29. The minimum absolute atomic E-state index is 0.00511. The highest BCUT2D eigenvalue weighted by atomic mass is 16.5. The van der Waals surface area contributed by atoms with Crippen molar-refractivity contribution in [2.75, 3.05) is 27.2 Å². The van der Waals surface area contributed by atoms with E-state index in [1.807, 2.05) is 18.2 Å². The first kappa shape index (κ1) is 22.4. The van der Waals surface area contributed by atoms with Gasteiger partial charge in [-0.1, -0.05) is 12.1 Å². The van der Waals surface area contributed by atoms with Crippen LogP contribution >= 0.6 is 0 Å². The molecule has 0 bridgehead atoms. The second-order valence-corrected chi connectivity index (χ2v) is 8.58. The third-order valence-electron chi connectivity index (χ3n) is 6.64. The predicted molar refractivity (Wildman–Crippen MR) is 120 cm³/mol. The lowest BCUT2D eigenvalue weighted by Gasteiger charge is -2.33. The van der Waals surface area contributed by atoms with Gasteiger partial charge in [-0.2, -0.15) is 0 Å². The number of fused-ring (bicyclic) bond motifs is 1. The van der Waals surface area contributed by atoms with Gasteiger partial charge in [0.15, 0.2) is 0 Å². The van der Waals surface area contributed by atoms with Crippen LogP contribution in [0, 0.1) is 0 Å². The van der Waals surface area contributed by atoms with E-state index in [2.05, 4.69) is 39.6 Å². The summed E-state index contributed by atoms with van der Waals surface area (Å²) >= 11 is 0. The van der Waals surface area contributed by atoms with Crippen LogP contribution < -0.4 is 15.4 Å². The van der Waals surface area contributed by atoms with Gasteiger partial charge in [-0.25, -0.2) is 0 Å². The highest BCUT2D eigenvalue weighted by molar-refractivity contribution is 5.83. The maximum absolute atomic E-state index is 13.0. The molecule has 0 unspecified atom stereocenters. The van der Waals surface area contributed by atoms with Crippen LogP contribution in [0.25, 0.3) is 0 Å². The Morgan fingerprint density at radius 1 is 1.28 bits per heavy atom. The third kappa shape index (κ3) is 5.14. The van der Waals surface area contributed by atoms with Crippen molar-refractivity contribution in [3.05, 3.63) is 54.0 Å². The normalized spacial score (nSPS) is 23.9. The van der Waals surface area contributed by atoms with Crippen LogP contribution in [0.2, 0.25) is 0 Å². The summed E-state index contributed by atoms with van der Waals surface area (Å²) < 4.78 is 10.5. The second kappa shape index (κ2) is 10.2. The number of nitrogens with one attached hydrogen (secondary N) is 2. The molecule has 4 rings (SSSR count). The van der Waals surface area contributed by atoms with Gasteiger partial charge in [-0.15, -0.1) is 0 Å². The molecule has 0 aliphatic carbocycles. The number of benzene rings is 1. The number of methoxy groups -OCH3 is 1. The zero-order chi connectivity index (χ0) is 22.5. The zero-order valence-corrected chi connectivity index (χ0v) is 18.8. The SMILES string of the molecule is COc1ccc(CN2CC[C@H]3[C@H]2C(=O)NC[C@H](CCC(=O)NCc2ccco2)N3C)cc1. The average molecular weight is 441 g/mol. The molecule has 2 aliphatic rings. The highest BCUT2D eigenvalue weighted by Gasteiger charge is 2.44. The van der Waals surface area contributed by atoms with E-state index >= 15 is 0 Å². The summed E-state index contributed by atoms with van der Waals surface area (Å²) in [5, 5.41) is 6.02. The molecule has 2 saturated heterocycles. The molecule has 3 atom stereocenters. The van der Waals surface area contributed by atoms with Crippen molar-refractivity contribution in [1.29, 1.82) is 0 Å². The number of likely N-dealkylation sites (N-methyl/N-ethyl adjacent to an activating group) is 1. The van der Waals surface area contributed by atoms with Crippen molar-refractivity contribution >= 4 is 11.8 Å². The van der Waals surface area contributed by atoms with Gasteiger partial charge in [0.25, 0.3) is 0 Å². The van der Waals surface area contributed by atoms with Crippen LogP contribution in [0.15, 0.2) is 47.1 Å². The Balaban J connectivity index is 1.33. The average Bonchev–Trinajstić information content (AvgIpc) is 3.45. The molecule has 2 amide bonds. The Labute approximate surface area is 188 Å². The van der Waals surface area contributed by atoms with E-state index in [4.69, 9.17) is 9.15 Å². The van der Waals surface area contributed by atoms with Crippen molar-refractivity contribution < 1.29 is 18.7 Å². The summed E-state index contributed by atoms with van der Waals surface area (Å²) in [5.74, 6) is 1.64. The number of carbonyl (C=O) groups excluding carboxylic acids is 2. The first-order valence-corrected chi connectivity index (χ1v) is 11.2. The molecule has 2 aromatic rings. The fraction of sp³-hybridized carbons (Fsp3) is 0.500. The Kier molecular flexibility index (Phi) is 7.12. The van der Waals surface area contributed by atoms with Crippen molar-refractivity contribution in [2.45, 2.75) is 50.5 Å². The Hall–Kier alpha value is -2.84. The fourth-order valence-electron chi connectivity index (χ4n) is 4.78. The molecule has 8 heteroatoms. The monoisotopic (exact) mass is 440 g/mol. The summed E-state index contributed by atoms with van der Waals surface area (Å²) in [6.07, 6.45) is 3.65. The zero-order valence-electron chi connectivity index (χ0n) is 18.8. The standard InChI is InChI=1S/C24H32N4O4/c1-27-18(7-10-22(29)25-15-20-4-3-13-32-20)14-26-24(30)23-21(27)11-12-28(23)16-17-5-8-19(31-2)9-6-17/h3-6,8-9,13,18,21,23H,7,10-12,14-16H2,1-2H3,(H,25,29)(H,26,30)/t18-,21-,23-/m0/s1. The molecule has 0 saturated carbocycles. The molecule has 0 spiro atoms. The van der Waals surface area contributed by atoms with Gasteiger partial charge in [0.1, 0.15) is 17.6 Å². The minimum atomic E-state index is -0.181. The lowest BCUT2D eigenvalue weighted by Crippen LogP contribution is -2.49. The Morgan fingerprint density at radius 3 is 2.81 bits per heavy atom. The van der Waals surface area contributed by atoms with Crippen LogP contribution in [0.5, 0.6) is 5.75 Å². The molecule has 1 aromatic heterocycles. The van der Waals surface area contributed by atoms with E-state index in [0.717, 1.165) is 36.6 Å². The number of furan rings is 1. The van der Waals surface area contributed by atoms with Crippen LogP contribution in [0.4, 0.5) is 0 Å². The van der Waals surface area contributed by atoms with Gasteiger partial charge in [0, 0.05) is 38.1 Å². The lowest BCUT2D eigenvalue weighted by atomic mass is 10.0. The first-order chi connectivity index (χ1) is 15.5. The number of nitrogens with zero attached hydrogens (tertiary/aromatic N) is 2. The summed E-state index contributed by atoms with van der Waals surface area (Å²) in [6, 6.07) is 11.7. The van der Waals surface area contributed by atoms with Gasteiger partial charge in [-0.05, 0) is 49.7 Å². The molecule has 32 heavy (non-hydrogen) atoms. The quantitative estimate of drug-likeness (QED) is 0.651. The number of carbonyl (C=O) groups is 2. The van der Waals surface area contributed by atoms with Crippen LogP contribution in [-0.2, 0) is 22.7 Å². The largest absolute Gasteiger partial charge is 0.497 e. The van der Waals surface area contributed by atoms with Gasteiger partial charge in [-0.3, -0.25) is 19.4 Å². The molecule has 2 N–H and O–H groups in total. The molecule has 0 radical (unpaired) electrons. The lowest BCUT2D eigenvalue weighted by molar-refractivity contribution is -0.126.